The van der Waals surface area contributed by atoms with E-state index in [0.29, 0.717) is 0 Å². The molecular weight excluding hydrogens is 318 g/mol. The molecule has 0 amide bonds. The fourth-order valence-corrected chi connectivity index (χ4v) is 2.70. The molecule has 1 atom stereocenters. The van der Waals surface area contributed by atoms with Crippen LogP contribution in [-0.2, 0) is 9.47 Å². The average molecular weight is 325 g/mol. The Bertz CT molecular complexity index is 963. The van der Waals surface area contributed by atoms with Gasteiger partial charge in [0, 0.05) is 18.2 Å². The van der Waals surface area contributed by atoms with Gasteiger partial charge in [-0.05, 0) is 12.1 Å². The molecule has 0 radical (unpaired) electrons. The summed E-state index contributed by atoms with van der Waals surface area (Å²) in [5, 5.41) is 12.1. The first-order valence-corrected chi connectivity index (χ1v) is 6.82. The van der Waals surface area contributed by atoms with Crippen LogP contribution in [0.15, 0.2) is 36.4 Å². The summed E-state index contributed by atoms with van der Waals surface area (Å²) in [4.78, 5) is 46.4. The molecule has 0 spiro atoms. The second-order valence-corrected chi connectivity index (χ2v) is 5.17. The molecule has 0 aromatic heterocycles. The molecule has 118 valence electrons. The summed E-state index contributed by atoms with van der Waals surface area (Å²) in [5.41, 5.74) is 0.0386. The zero-order valence-corrected chi connectivity index (χ0v) is 11.8. The van der Waals surface area contributed by atoms with Crippen molar-refractivity contribution in [2.24, 2.45) is 0 Å². The topological polar surface area (TPSA) is 114 Å². The van der Waals surface area contributed by atoms with E-state index in [0.717, 1.165) is 0 Å². The molecule has 24 heavy (non-hydrogen) atoms. The number of cyclic esters (lactones) is 4. The van der Waals surface area contributed by atoms with Gasteiger partial charge in [0.2, 0.25) is 0 Å². The van der Waals surface area contributed by atoms with E-state index in [-0.39, 0.29) is 33.6 Å². The van der Waals surface area contributed by atoms with Crippen LogP contribution in [-0.4, -0.2) is 23.9 Å². The van der Waals surface area contributed by atoms with E-state index < -0.39 is 28.9 Å². The van der Waals surface area contributed by atoms with Crippen molar-refractivity contribution in [3.63, 3.8) is 0 Å². The van der Waals surface area contributed by atoms with Crippen LogP contribution in [0, 0.1) is 5.21 Å². The van der Waals surface area contributed by atoms with Crippen molar-refractivity contribution in [3.8, 4) is 0 Å². The molecule has 2 aromatic rings. The number of carbonyl (C=O) groups is 4. The first-order valence-electron chi connectivity index (χ1n) is 6.82. The van der Waals surface area contributed by atoms with Gasteiger partial charge in [0.05, 0.1) is 16.7 Å². The summed E-state index contributed by atoms with van der Waals surface area (Å²) >= 11 is 0. The Morgan fingerprint density at radius 1 is 0.750 bits per heavy atom. The first kappa shape index (κ1) is 14.2. The molecule has 2 heterocycles. The molecule has 8 heteroatoms. The Morgan fingerprint density at radius 3 is 2.21 bits per heavy atom. The number of benzene rings is 2. The van der Waals surface area contributed by atoms with Crippen molar-refractivity contribution in [3.05, 3.63) is 63.9 Å². The van der Waals surface area contributed by atoms with Crippen LogP contribution < -0.4 is 5.06 Å². The third-order valence-corrected chi connectivity index (χ3v) is 3.83. The second kappa shape index (κ2) is 4.82. The Kier molecular flexibility index (Phi) is 2.86. The van der Waals surface area contributed by atoms with Gasteiger partial charge in [-0.15, -0.1) is 0 Å². The summed E-state index contributed by atoms with van der Waals surface area (Å²) < 4.78 is 8.98. The molecule has 2 aromatic carbocycles. The Labute approximate surface area is 133 Å². The highest BCUT2D eigenvalue weighted by Crippen LogP contribution is 2.27. The summed E-state index contributed by atoms with van der Waals surface area (Å²) in [6.07, 6.45) is 0. The van der Waals surface area contributed by atoms with E-state index in [4.69, 9.17) is 0 Å². The molecule has 0 bridgehead atoms. The number of nitrogens with one attached hydrogen (secondary N) is 1. The number of ether oxygens (including phenoxy) is 2. The predicted octanol–water partition coefficient (Wildman–Crippen LogP) is 0.654. The minimum absolute atomic E-state index is 0.0130. The Balaban J connectivity index is 1.82. The maximum absolute atomic E-state index is 12.7. The van der Waals surface area contributed by atoms with E-state index in [1.54, 1.807) is 0 Å². The number of carbonyl (C=O) groups excluding carboxylic acids is 4. The highest BCUT2D eigenvalue weighted by atomic mass is 16.6. The summed E-state index contributed by atoms with van der Waals surface area (Å²) in [6.45, 7) is 0. The van der Waals surface area contributed by atoms with Gasteiger partial charge in [-0.25, -0.2) is 19.2 Å². The Morgan fingerprint density at radius 2 is 1.42 bits per heavy atom. The number of quaternary nitrogens is 1. The number of fused-ring (bicyclic) bond motifs is 2. The third kappa shape index (κ3) is 1.87. The van der Waals surface area contributed by atoms with Crippen LogP contribution in [0.1, 0.15) is 41.4 Å². The number of esters is 4. The van der Waals surface area contributed by atoms with Gasteiger partial charge in [-0.3, -0.25) is 0 Å². The lowest BCUT2D eigenvalue weighted by atomic mass is 10.1. The van der Waals surface area contributed by atoms with Crippen molar-refractivity contribution < 1.29 is 33.7 Å². The van der Waals surface area contributed by atoms with Crippen molar-refractivity contribution in [2.45, 2.75) is 0 Å². The fourth-order valence-electron chi connectivity index (χ4n) is 2.70. The normalized spacial score (nSPS) is 16.5. The van der Waals surface area contributed by atoms with Crippen LogP contribution in [0.5, 0.6) is 0 Å². The minimum atomic E-state index is -0.894. The third-order valence-electron chi connectivity index (χ3n) is 3.83. The van der Waals surface area contributed by atoms with Crippen molar-refractivity contribution in [1.82, 2.24) is 0 Å². The van der Waals surface area contributed by atoms with Crippen molar-refractivity contribution in [2.75, 3.05) is 0 Å². The second-order valence-electron chi connectivity index (χ2n) is 5.17. The van der Waals surface area contributed by atoms with Crippen molar-refractivity contribution >= 4 is 35.3 Å². The van der Waals surface area contributed by atoms with Crippen LogP contribution in [0.2, 0.25) is 0 Å². The molecule has 0 saturated heterocycles. The molecule has 0 aliphatic carbocycles. The standard InChI is InChI=1S/C16H7NO7/c18-13-8-5-4-7(6-10(8)15(20)23-13)17(22)11-3-1-2-9-12(11)16(21)24-14(9)19/h1-6,17H. The van der Waals surface area contributed by atoms with Crippen LogP contribution in [0.25, 0.3) is 0 Å². The van der Waals surface area contributed by atoms with Crippen LogP contribution in [0.3, 0.4) is 0 Å². The van der Waals surface area contributed by atoms with E-state index in [1.165, 1.54) is 36.4 Å². The average Bonchev–Trinajstić information content (AvgIpc) is 3.03. The van der Waals surface area contributed by atoms with Gasteiger partial charge in [-0.1, -0.05) is 6.07 Å². The lowest BCUT2D eigenvalue weighted by Gasteiger charge is -2.22. The van der Waals surface area contributed by atoms with Gasteiger partial charge >= 0.3 is 23.9 Å². The summed E-state index contributed by atoms with van der Waals surface area (Å²) in [5.74, 6) is -3.32. The predicted molar refractivity (Wildman–Crippen MR) is 76.0 cm³/mol. The quantitative estimate of drug-likeness (QED) is 0.490. The smallest absolute Gasteiger partial charge is 0.353 e. The largest absolute Gasteiger partial charge is 0.623 e. The number of rotatable bonds is 2. The zero-order chi connectivity index (χ0) is 17.0. The zero-order valence-electron chi connectivity index (χ0n) is 11.8. The first-order chi connectivity index (χ1) is 11.5. The highest BCUT2D eigenvalue weighted by molar-refractivity contribution is 6.17. The molecule has 2 aliphatic heterocycles. The van der Waals surface area contributed by atoms with E-state index in [2.05, 4.69) is 9.47 Å². The molecule has 2 aliphatic rings. The van der Waals surface area contributed by atoms with E-state index in [9.17, 15) is 24.4 Å². The molecule has 4 rings (SSSR count). The maximum Gasteiger partial charge on any atom is 0.353 e. The molecule has 1 unspecified atom stereocenters. The van der Waals surface area contributed by atoms with Crippen LogP contribution in [0.4, 0.5) is 11.4 Å². The maximum atomic E-state index is 12.7. The molecule has 0 saturated carbocycles. The summed E-state index contributed by atoms with van der Waals surface area (Å²) in [6, 6.07) is 8.12. The molecular formula is C16H7NO7. The van der Waals surface area contributed by atoms with Crippen LogP contribution >= 0.6 is 0 Å². The van der Waals surface area contributed by atoms with Gasteiger partial charge in [0.1, 0.15) is 11.3 Å². The SMILES string of the molecule is O=C1OC(=O)c2cc([NH+]([O-])c3cccc4c3C(=O)OC4=O)ccc21. The van der Waals surface area contributed by atoms with E-state index >= 15 is 0 Å². The fraction of sp³-hybridized carbons (Fsp3) is 0. The van der Waals surface area contributed by atoms with Crippen molar-refractivity contribution in [1.29, 1.82) is 0 Å². The van der Waals surface area contributed by atoms with E-state index in [1.807, 2.05) is 0 Å². The lowest BCUT2D eigenvalue weighted by molar-refractivity contribution is -0.698. The lowest BCUT2D eigenvalue weighted by Crippen LogP contribution is -2.96. The highest BCUT2D eigenvalue weighted by Gasteiger charge is 2.36. The molecule has 8 nitrogen and oxygen atoms in total. The Hall–Kier alpha value is -3.36. The monoisotopic (exact) mass is 325 g/mol. The van der Waals surface area contributed by atoms with Gasteiger partial charge in [-0.2, -0.15) is 0 Å². The number of hydrogen-bond acceptors (Lipinski definition) is 7. The molecule has 1 N–H and O–H groups in total. The minimum Gasteiger partial charge on any atom is -0.623 e. The number of hydrogen-bond donors (Lipinski definition) is 1. The van der Waals surface area contributed by atoms with Gasteiger partial charge < -0.3 is 19.7 Å². The summed E-state index contributed by atoms with van der Waals surface area (Å²) in [7, 11) is 0. The molecule has 0 fully saturated rings. The van der Waals surface area contributed by atoms with Gasteiger partial charge in [0.25, 0.3) is 0 Å². The van der Waals surface area contributed by atoms with Gasteiger partial charge in [0.15, 0.2) is 5.69 Å².